The quantitative estimate of drug-likeness (QED) is 0.852. The molecule has 0 aromatic heterocycles. The van der Waals surface area contributed by atoms with E-state index < -0.39 is 11.4 Å². The first-order valence-electron chi connectivity index (χ1n) is 7.14. The molecule has 0 saturated heterocycles. The molecule has 1 aromatic rings. The van der Waals surface area contributed by atoms with E-state index in [1.54, 1.807) is 12.1 Å². The van der Waals surface area contributed by atoms with E-state index in [1.165, 1.54) is 6.07 Å². The lowest BCUT2D eigenvalue weighted by molar-refractivity contribution is -0.152. The van der Waals surface area contributed by atoms with Crippen LogP contribution in [-0.4, -0.2) is 11.1 Å². The Kier molecular flexibility index (Phi) is 4.84. The van der Waals surface area contributed by atoms with E-state index in [0.29, 0.717) is 28.8 Å². The number of carboxylic acids is 1. The molecule has 1 N–H and O–H groups in total. The van der Waals surface area contributed by atoms with Gasteiger partial charge in [-0.25, -0.2) is 4.39 Å². The van der Waals surface area contributed by atoms with E-state index in [-0.39, 0.29) is 12.2 Å². The fourth-order valence-electron chi connectivity index (χ4n) is 3.29. The lowest BCUT2D eigenvalue weighted by Gasteiger charge is -2.37. The van der Waals surface area contributed by atoms with Crippen molar-refractivity contribution in [1.29, 1.82) is 0 Å². The van der Waals surface area contributed by atoms with Crippen LogP contribution < -0.4 is 0 Å². The van der Waals surface area contributed by atoms with Crippen LogP contribution in [0.3, 0.4) is 0 Å². The van der Waals surface area contributed by atoms with Gasteiger partial charge in [0.25, 0.3) is 0 Å². The molecule has 0 radical (unpaired) electrons. The zero-order valence-corrected chi connectivity index (χ0v) is 13.2. The highest BCUT2D eigenvalue weighted by Crippen LogP contribution is 2.43. The number of benzene rings is 1. The SMILES string of the molecule is CCC1CCCC(Cc2ccc(Br)cc2F)(C(=O)O)C1. The molecule has 1 aliphatic carbocycles. The molecule has 2 rings (SSSR count). The van der Waals surface area contributed by atoms with Crippen molar-refractivity contribution in [2.75, 3.05) is 0 Å². The Morgan fingerprint density at radius 3 is 2.90 bits per heavy atom. The monoisotopic (exact) mass is 342 g/mol. The van der Waals surface area contributed by atoms with Crippen LogP contribution in [0.25, 0.3) is 0 Å². The number of carboxylic acid groups (broad SMARTS) is 1. The number of halogens is 2. The van der Waals surface area contributed by atoms with Crippen LogP contribution in [0.5, 0.6) is 0 Å². The largest absolute Gasteiger partial charge is 0.481 e. The highest BCUT2D eigenvalue weighted by molar-refractivity contribution is 9.10. The number of aliphatic carboxylic acids is 1. The van der Waals surface area contributed by atoms with E-state index >= 15 is 0 Å². The van der Waals surface area contributed by atoms with Gasteiger partial charge in [0.1, 0.15) is 5.82 Å². The predicted molar refractivity (Wildman–Crippen MR) is 80.1 cm³/mol. The van der Waals surface area contributed by atoms with Gasteiger partial charge in [-0.3, -0.25) is 4.79 Å². The molecule has 0 aliphatic heterocycles. The fourth-order valence-corrected chi connectivity index (χ4v) is 3.63. The third kappa shape index (κ3) is 3.22. The third-order valence-electron chi connectivity index (χ3n) is 4.52. The van der Waals surface area contributed by atoms with Gasteiger partial charge in [0.2, 0.25) is 0 Å². The van der Waals surface area contributed by atoms with E-state index in [4.69, 9.17) is 0 Å². The molecule has 2 nitrogen and oxygen atoms in total. The van der Waals surface area contributed by atoms with Crippen LogP contribution in [-0.2, 0) is 11.2 Å². The Labute approximate surface area is 127 Å². The van der Waals surface area contributed by atoms with Crippen molar-refractivity contribution in [1.82, 2.24) is 0 Å². The first kappa shape index (κ1) is 15.5. The van der Waals surface area contributed by atoms with Crippen molar-refractivity contribution < 1.29 is 14.3 Å². The van der Waals surface area contributed by atoms with Gasteiger partial charge in [0.15, 0.2) is 0 Å². The lowest BCUT2D eigenvalue weighted by Crippen LogP contribution is -2.38. The van der Waals surface area contributed by atoms with Crippen molar-refractivity contribution >= 4 is 21.9 Å². The summed E-state index contributed by atoms with van der Waals surface area (Å²) in [5, 5.41) is 9.68. The molecular formula is C16H20BrFO2. The van der Waals surface area contributed by atoms with Gasteiger partial charge < -0.3 is 5.11 Å². The normalized spacial score (nSPS) is 26.4. The summed E-state index contributed by atoms with van der Waals surface area (Å²) in [5.41, 5.74) is -0.291. The molecule has 1 aromatic carbocycles. The molecule has 1 aliphatic rings. The Balaban J connectivity index is 2.27. The third-order valence-corrected chi connectivity index (χ3v) is 5.02. The molecule has 0 amide bonds. The van der Waals surface area contributed by atoms with Gasteiger partial charge in [-0.1, -0.05) is 48.2 Å². The second kappa shape index (κ2) is 6.25. The van der Waals surface area contributed by atoms with E-state index in [9.17, 15) is 14.3 Å². The Hall–Kier alpha value is -0.900. The van der Waals surface area contributed by atoms with Crippen molar-refractivity contribution in [2.45, 2.75) is 45.4 Å². The summed E-state index contributed by atoms with van der Waals surface area (Å²) in [4.78, 5) is 11.8. The van der Waals surface area contributed by atoms with E-state index in [1.807, 2.05) is 0 Å². The first-order valence-corrected chi connectivity index (χ1v) is 7.93. The minimum absolute atomic E-state index is 0.290. The molecule has 4 heteroatoms. The molecule has 1 fully saturated rings. The summed E-state index contributed by atoms with van der Waals surface area (Å²) in [7, 11) is 0. The maximum atomic E-state index is 14.0. The van der Waals surface area contributed by atoms with E-state index in [2.05, 4.69) is 22.9 Å². The van der Waals surface area contributed by atoms with Gasteiger partial charge in [-0.05, 0) is 42.9 Å². The molecule has 2 unspecified atom stereocenters. The summed E-state index contributed by atoms with van der Waals surface area (Å²) in [6.07, 6.45) is 4.61. The minimum atomic E-state index is -0.798. The summed E-state index contributed by atoms with van der Waals surface area (Å²) in [6, 6.07) is 4.87. The first-order chi connectivity index (χ1) is 9.47. The van der Waals surface area contributed by atoms with Crippen LogP contribution in [0.15, 0.2) is 22.7 Å². The van der Waals surface area contributed by atoms with Gasteiger partial charge in [0.05, 0.1) is 5.41 Å². The zero-order valence-electron chi connectivity index (χ0n) is 11.7. The van der Waals surface area contributed by atoms with Crippen molar-refractivity contribution in [3.05, 3.63) is 34.1 Å². The molecule has 110 valence electrons. The Morgan fingerprint density at radius 2 is 2.30 bits per heavy atom. The number of hydrogen-bond acceptors (Lipinski definition) is 1. The lowest BCUT2D eigenvalue weighted by atomic mass is 9.66. The minimum Gasteiger partial charge on any atom is -0.481 e. The second-order valence-electron chi connectivity index (χ2n) is 5.87. The highest BCUT2D eigenvalue weighted by Gasteiger charge is 2.42. The van der Waals surface area contributed by atoms with Crippen molar-refractivity contribution in [3.8, 4) is 0 Å². The Morgan fingerprint density at radius 1 is 1.55 bits per heavy atom. The molecule has 2 atom stereocenters. The topological polar surface area (TPSA) is 37.3 Å². The fraction of sp³-hybridized carbons (Fsp3) is 0.562. The summed E-state index contributed by atoms with van der Waals surface area (Å²) in [6.45, 7) is 2.10. The number of carbonyl (C=O) groups is 1. The maximum absolute atomic E-state index is 14.0. The second-order valence-corrected chi connectivity index (χ2v) is 6.78. The van der Waals surface area contributed by atoms with Crippen molar-refractivity contribution in [2.24, 2.45) is 11.3 Å². The molecule has 20 heavy (non-hydrogen) atoms. The van der Waals surface area contributed by atoms with Gasteiger partial charge >= 0.3 is 5.97 Å². The standard InChI is InChI=1S/C16H20BrFO2/c1-2-11-4-3-7-16(9-11,15(19)20)10-12-5-6-13(17)8-14(12)18/h5-6,8,11H,2-4,7,9-10H2,1H3,(H,19,20). The number of rotatable bonds is 4. The molecular weight excluding hydrogens is 323 g/mol. The Bertz CT molecular complexity index is 503. The molecule has 0 bridgehead atoms. The van der Waals surface area contributed by atoms with Crippen molar-refractivity contribution in [3.63, 3.8) is 0 Å². The highest BCUT2D eigenvalue weighted by atomic mass is 79.9. The van der Waals surface area contributed by atoms with Gasteiger partial charge in [-0.15, -0.1) is 0 Å². The van der Waals surface area contributed by atoms with Crippen LogP contribution in [0, 0.1) is 17.2 Å². The molecule has 1 saturated carbocycles. The average molecular weight is 343 g/mol. The molecule has 0 spiro atoms. The van der Waals surface area contributed by atoms with Crippen LogP contribution >= 0.6 is 15.9 Å². The van der Waals surface area contributed by atoms with Crippen LogP contribution in [0.1, 0.15) is 44.6 Å². The zero-order chi connectivity index (χ0) is 14.8. The van der Waals surface area contributed by atoms with Gasteiger partial charge in [0, 0.05) is 4.47 Å². The summed E-state index contributed by atoms with van der Waals surface area (Å²) in [5.74, 6) is -0.657. The maximum Gasteiger partial charge on any atom is 0.309 e. The average Bonchev–Trinajstić information content (AvgIpc) is 2.42. The predicted octanol–water partition coefficient (Wildman–Crippen LogP) is 4.80. The smallest absolute Gasteiger partial charge is 0.309 e. The van der Waals surface area contributed by atoms with Crippen LogP contribution in [0.4, 0.5) is 4.39 Å². The molecule has 0 heterocycles. The number of hydrogen-bond donors (Lipinski definition) is 1. The van der Waals surface area contributed by atoms with Crippen LogP contribution in [0.2, 0.25) is 0 Å². The van der Waals surface area contributed by atoms with E-state index in [0.717, 1.165) is 19.3 Å². The summed E-state index contributed by atoms with van der Waals surface area (Å²) < 4.78 is 14.7. The summed E-state index contributed by atoms with van der Waals surface area (Å²) >= 11 is 3.23. The van der Waals surface area contributed by atoms with Gasteiger partial charge in [-0.2, -0.15) is 0 Å².